The zero-order chi connectivity index (χ0) is 19.2. The number of H-pyrrole nitrogens is 1. The summed E-state index contributed by atoms with van der Waals surface area (Å²) in [4.78, 5) is 19.7. The Morgan fingerprint density at radius 2 is 1.96 bits per heavy atom. The first kappa shape index (κ1) is 18.3. The summed E-state index contributed by atoms with van der Waals surface area (Å²) in [7, 11) is 0. The van der Waals surface area contributed by atoms with Gasteiger partial charge in [0.15, 0.2) is 0 Å². The molecule has 4 rings (SSSR count). The Kier molecular flexibility index (Phi) is 5.75. The van der Waals surface area contributed by atoms with Crippen molar-refractivity contribution in [3.63, 3.8) is 0 Å². The van der Waals surface area contributed by atoms with Gasteiger partial charge in [0.25, 0.3) is 0 Å². The lowest BCUT2D eigenvalue weighted by atomic mass is 9.96. The van der Waals surface area contributed by atoms with Crippen molar-refractivity contribution in [1.29, 1.82) is 0 Å². The number of aromatic amines is 1. The van der Waals surface area contributed by atoms with Gasteiger partial charge in [-0.2, -0.15) is 0 Å². The van der Waals surface area contributed by atoms with Crippen molar-refractivity contribution in [3.05, 3.63) is 54.4 Å². The Morgan fingerprint density at radius 3 is 2.79 bits per heavy atom. The Balaban J connectivity index is 1.24. The van der Waals surface area contributed by atoms with Gasteiger partial charge in [-0.1, -0.05) is 37.5 Å². The second-order valence-electron chi connectivity index (χ2n) is 7.40. The quantitative estimate of drug-likeness (QED) is 0.504. The number of aromatic nitrogens is 2. The Bertz CT molecular complexity index is 912. The molecular weight excluding hydrogens is 350 g/mol. The molecule has 6 nitrogen and oxygen atoms in total. The van der Waals surface area contributed by atoms with Crippen LogP contribution >= 0.6 is 0 Å². The number of carbonyl (C=O) groups is 1. The summed E-state index contributed by atoms with van der Waals surface area (Å²) in [5.41, 5.74) is 3.41. The molecule has 2 heterocycles. The topological polar surface area (TPSA) is 81.8 Å². The zero-order valence-corrected chi connectivity index (χ0v) is 16.0. The summed E-state index contributed by atoms with van der Waals surface area (Å²) in [6.07, 6.45) is 10.6. The molecule has 6 heteroatoms. The van der Waals surface area contributed by atoms with Crippen LogP contribution in [0.25, 0.3) is 10.9 Å². The van der Waals surface area contributed by atoms with Crippen LogP contribution in [0.1, 0.15) is 37.7 Å². The standard InChI is InChI=1S/C22H27N5O/c28-22(26-17-6-2-1-3-7-17)27-21-11-10-18(15-25-21)23-13-12-16-14-24-20-9-5-4-8-19(16)20/h4-5,8-11,14-15,17,23-24H,1-3,6-7,12-13H2,(H2,25,26,27,28). The van der Waals surface area contributed by atoms with Gasteiger partial charge in [0.1, 0.15) is 5.82 Å². The van der Waals surface area contributed by atoms with Crippen LogP contribution in [0.2, 0.25) is 0 Å². The van der Waals surface area contributed by atoms with Crippen molar-refractivity contribution in [2.24, 2.45) is 0 Å². The summed E-state index contributed by atoms with van der Waals surface area (Å²) in [5.74, 6) is 0.565. The summed E-state index contributed by atoms with van der Waals surface area (Å²) in [6.45, 7) is 0.818. The molecule has 0 aliphatic heterocycles. The van der Waals surface area contributed by atoms with Crippen LogP contribution in [0.3, 0.4) is 0 Å². The van der Waals surface area contributed by atoms with Crippen molar-refractivity contribution in [1.82, 2.24) is 15.3 Å². The molecule has 1 aliphatic rings. The number of nitrogens with one attached hydrogen (secondary N) is 4. The van der Waals surface area contributed by atoms with Crippen molar-refractivity contribution in [2.45, 2.75) is 44.6 Å². The van der Waals surface area contributed by atoms with Gasteiger partial charge >= 0.3 is 6.03 Å². The number of urea groups is 1. The van der Waals surface area contributed by atoms with Crippen LogP contribution in [-0.2, 0) is 6.42 Å². The van der Waals surface area contributed by atoms with Crippen LogP contribution in [0.15, 0.2) is 48.8 Å². The minimum absolute atomic E-state index is 0.167. The average Bonchev–Trinajstić information content (AvgIpc) is 3.13. The van der Waals surface area contributed by atoms with Crippen LogP contribution in [-0.4, -0.2) is 28.6 Å². The van der Waals surface area contributed by atoms with Crippen molar-refractivity contribution >= 4 is 28.4 Å². The largest absolute Gasteiger partial charge is 0.383 e. The third kappa shape index (κ3) is 4.63. The average molecular weight is 377 g/mol. The molecule has 0 saturated heterocycles. The normalized spacial score (nSPS) is 14.7. The molecule has 2 aromatic heterocycles. The minimum Gasteiger partial charge on any atom is -0.383 e. The van der Waals surface area contributed by atoms with Gasteiger partial charge < -0.3 is 15.6 Å². The van der Waals surface area contributed by atoms with E-state index in [0.29, 0.717) is 11.9 Å². The van der Waals surface area contributed by atoms with E-state index < -0.39 is 0 Å². The van der Waals surface area contributed by atoms with Crippen molar-refractivity contribution in [3.8, 4) is 0 Å². The van der Waals surface area contributed by atoms with Crippen LogP contribution in [0.4, 0.5) is 16.3 Å². The number of amides is 2. The smallest absolute Gasteiger partial charge is 0.320 e. The summed E-state index contributed by atoms with van der Waals surface area (Å²) >= 11 is 0. The summed E-state index contributed by atoms with van der Waals surface area (Å²) < 4.78 is 0. The van der Waals surface area contributed by atoms with Crippen LogP contribution < -0.4 is 16.0 Å². The maximum atomic E-state index is 12.1. The van der Waals surface area contributed by atoms with Gasteiger partial charge in [-0.25, -0.2) is 9.78 Å². The molecule has 0 radical (unpaired) electrons. The monoisotopic (exact) mass is 377 g/mol. The van der Waals surface area contributed by atoms with Crippen molar-refractivity contribution in [2.75, 3.05) is 17.2 Å². The molecule has 146 valence electrons. The molecule has 1 aromatic carbocycles. The van der Waals surface area contributed by atoms with Gasteiger partial charge in [-0.3, -0.25) is 5.32 Å². The van der Waals surface area contributed by atoms with Crippen LogP contribution in [0.5, 0.6) is 0 Å². The van der Waals surface area contributed by atoms with E-state index in [0.717, 1.165) is 31.5 Å². The number of benzene rings is 1. The highest BCUT2D eigenvalue weighted by atomic mass is 16.2. The number of rotatable bonds is 6. The highest BCUT2D eigenvalue weighted by molar-refractivity contribution is 5.88. The highest BCUT2D eigenvalue weighted by Crippen LogP contribution is 2.19. The first-order chi connectivity index (χ1) is 13.8. The third-order valence-electron chi connectivity index (χ3n) is 5.34. The van der Waals surface area contributed by atoms with E-state index in [9.17, 15) is 4.79 Å². The molecule has 0 bridgehead atoms. The maximum absolute atomic E-state index is 12.1. The van der Waals surface area contributed by atoms with E-state index in [-0.39, 0.29) is 6.03 Å². The Morgan fingerprint density at radius 1 is 1.11 bits per heavy atom. The van der Waals surface area contributed by atoms with Gasteiger partial charge in [-0.05, 0) is 43.0 Å². The van der Waals surface area contributed by atoms with Gasteiger partial charge in [0.2, 0.25) is 0 Å². The van der Waals surface area contributed by atoms with Crippen LogP contribution in [0, 0.1) is 0 Å². The number of para-hydroxylation sites is 1. The fourth-order valence-electron chi connectivity index (χ4n) is 3.84. The molecular formula is C22H27N5O. The second-order valence-corrected chi connectivity index (χ2v) is 7.40. The number of nitrogens with zero attached hydrogens (tertiary/aromatic N) is 1. The highest BCUT2D eigenvalue weighted by Gasteiger charge is 2.15. The van der Waals surface area contributed by atoms with E-state index in [2.05, 4.69) is 50.3 Å². The molecule has 3 aromatic rings. The predicted octanol–water partition coefficient (Wildman–Crippen LogP) is 4.67. The predicted molar refractivity (Wildman–Crippen MR) is 114 cm³/mol. The molecule has 0 unspecified atom stereocenters. The minimum atomic E-state index is -0.167. The molecule has 1 saturated carbocycles. The molecule has 4 N–H and O–H groups in total. The van der Waals surface area contributed by atoms with Gasteiger partial charge in [-0.15, -0.1) is 0 Å². The first-order valence-electron chi connectivity index (χ1n) is 10.1. The second kappa shape index (κ2) is 8.78. The molecule has 1 fully saturated rings. The number of carbonyl (C=O) groups excluding carboxylic acids is 1. The number of pyridine rings is 1. The zero-order valence-electron chi connectivity index (χ0n) is 16.0. The summed E-state index contributed by atoms with van der Waals surface area (Å²) in [6, 6.07) is 12.2. The van der Waals surface area contributed by atoms with E-state index in [1.807, 2.05) is 18.2 Å². The molecule has 0 atom stereocenters. The maximum Gasteiger partial charge on any atom is 0.320 e. The molecule has 0 spiro atoms. The molecule has 1 aliphatic carbocycles. The molecule has 2 amide bonds. The number of anilines is 2. The Hall–Kier alpha value is -3.02. The fraction of sp³-hybridized carbons (Fsp3) is 0.364. The van der Waals surface area contributed by atoms with E-state index >= 15 is 0 Å². The van der Waals surface area contributed by atoms with E-state index in [1.165, 1.54) is 35.7 Å². The lowest BCUT2D eigenvalue weighted by molar-refractivity contribution is 0.244. The SMILES string of the molecule is O=C(Nc1ccc(NCCc2c[nH]c3ccccc23)cn1)NC1CCCCC1. The van der Waals surface area contributed by atoms with Gasteiger partial charge in [0, 0.05) is 29.7 Å². The van der Waals surface area contributed by atoms with E-state index in [4.69, 9.17) is 0 Å². The fourth-order valence-corrected chi connectivity index (χ4v) is 3.84. The number of hydrogen-bond acceptors (Lipinski definition) is 3. The number of hydrogen-bond donors (Lipinski definition) is 4. The summed E-state index contributed by atoms with van der Waals surface area (Å²) in [5, 5.41) is 10.5. The van der Waals surface area contributed by atoms with E-state index in [1.54, 1.807) is 6.20 Å². The Labute approximate surface area is 165 Å². The van der Waals surface area contributed by atoms with Gasteiger partial charge in [0.05, 0.1) is 11.9 Å². The lowest BCUT2D eigenvalue weighted by Crippen LogP contribution is -2.39. The molecule has 28 heavy (non-hydrogen) atoms. The lowest BCUT2D eigenvalue weighted by Gasteiger charge is -2.22. The first-order valence-corrected chi connectivity index (χ1v) is 10.1. The number of fused-ring (bicyclic) bond motifs is 1. The van der Waals surface area contributed by atoms with Crippen molar-refractivity contribution < 1.29 is 4.79 Å². The third-order valence-corrected chi connectivity index (χ3v) is 5.34.